The molecule has 2 atom stereocenters. The highest BCUT2D eigenvalue weighted by atomic mass is 32.2. The Morgan fingerprint density at radius 1 is 1.15 bits per heavy atom. The van der Waals surface area contributed by atoms with Crippen molar-refractivity contribution in [3.63, 3.8) is 0 Å². The predicted molar refractivity (Wildman–Crippen MR) is 75.6 cm³/mol. The number of hydrogen-bond donors (Lipinski definition) is 1. The van der Waals surface area contributed by atoms with E-state index >= 15 is 0 Å². The number of aliphatic hydroxyl groups excluding tert-OH is 1. The fourth-order valence-corrected chi connectivity index (χ4v) is 4.34. The first-order valence-electron chi connectivity index (χ1n) is 7.33. The molecule has 0 bridgehead atoms. The van der Waals surface area contributed by atoms with Gasteiger partial charge in [0.05, 0.1) is 18.9 Å². The maximum atomic E-state index is 12.7. The second-order valence-corrected chi connectivity index (χ2v) is 7.68. The third-order valence-corrected chi connectivity index (χ3v) is 5.57. The third-order valence-electron chi connectivity index (χ3n) is 4.29. The summed E-state index contributed by atoms with van der Waals surface area (Å²) in [4.78, 5) is 14.4. The lowest BCUT2D eigenvalue weighted by Crippen LogP contribution is -2.56. The van der Waals surface area contributed by atoms with Gasteiger partial charge in [-0.1, -0.05) is 6.42 Å². The van der Waals surface area contributed by atoms with Crippen LogP contribution in [0.5, 0.6) is 0 Å². The lowest BCUT2D eigenvalue weighted by molar-refractivity contribution is -0.141. The highest BCUT2D eigenvalue weighted by molar-refractivity contribution is 7.88. The zero-order valence-corrected chi connectivity index (χ0v) is 12.8. The number of piperidine rings is 2. The normalized spacial score (nSPS) is 29.4. The van der Waals surface area contributed by atoms with E-state index in [1.165, 1.54) is 10.6 Å². The number of nitrogens with zero attached hydrogens (tertiary/aromatic N) is 2. The number of rotatable bonds is 3. The molecule has 116 valence electrons. The molecule has 0 aromatic carbocycles. The second-order valence-electron chi connectivity index (χ2n) is 5.75. The molecule has 2 heterocycles. The molecule has 0 saturated carbocycles. The number of carbonyl (C=O) groups is 1. The van der Waals surface area contributed by atoms with Gasteiger partial charge in [-0.25, -0.2) is 8.42 Å². The SMILES string of the molecule is CS(=O)(=O)N1CCCCC1C(=O)N1CCCCC1CO. The van der Waals surface area contributed by atoms with Crippen LogP contribution in [0.3, 0.4) is 0 Å². The minimum Gasteiger partial charge on any atom is -0.394 e. The van der Waals surface area contributed by atoms with Crippen molar-refractivity contribution in [1.82, 2.24) is 9.21 Å². The molecular weight excluding hydrogens is 280 g/mol. The van der Waals surface area contributed by atoms with Crippen LogP contribution in [0, 0.1) is 0 Å². The Bertz CT molecular complexity index is 451. The molecule has 0 aromatic rings. The first-order valence-corrected chi connectivity index (χ1v) is 9.18. The van der Waals surface area contributed by atoms with E-state index in [-0.39, 0.29) is 18.6 Å². The monoisotopic (exact) mass is 304 g/mol. The van der Waals surface area contributed by atoms with Crippen LogP contribution in [0.25, 0.3) is 0 Å². The number of carbonyl (C=O) groups excluding carboxylic acids is 1. The molecular formula is C13H24N2O4S. The zero-order chi connectivity index (χ0) is 14.8. The molecule has 0 aliphatic carbocycles. The van der Waals surface area contributed by atoms with Gasteiger partial charge in [0.15, 0.2) is 0 Å². The van der Waals surface area contributed by atoms with Crippen molar-refractivity contribution in [3.05, 3.63) is 0 Å². The smallest absolute Gasteiger partial charge is 0.241 e. The number of aliphatic hydroxyl groups is 1. The van der Waals surface area contributed by atoms with Gasteiger partial charge in [-0.2, -0.15) is 4.31 Å². The van der Waals surface area contributed by atoms with Gasteiger partial charge in [0.25, 0.3) is 0 Å². The van der Waals surface area contributed by atoms with Crippen molar-refractivity contribution in [1.29, 1.82) is 0 Å². The van der Waals surface area contributed by atoms with Gasteiger partial charge in [-0.3, -0.25) is 4.79 Å². The molecule has 2 saturated heterocycles. The van der Waals surface area contributed by atoms with Gasteiger partial charge in [-0.05, 0) is 32.1 Å². The van der Waals surface area contributed by atoms with E-state index in [9.17, 15) is 18.3 Å². The Balaban J connectivity index is 2.16. The van der Waals surface area contributed by atoms with E-state index in [2.05, 4.69) is 0 Å². The summed E-state index contributed by atoms with van der Waals surface area (Å²) in [5.41, 5.74) is 0. The number of amides is 1. The summed E-state index contributed by atoms with van der Waals surface area (Å²) in [5.74, 6) is -0.131. The molecule has 7 heteroatoms. The van der Waals surface area contributed by atoms with E-state index in [1.807, 2.05) is 0 Å². The molecule has 2 unspecified atom stereocenters. The molecule has 2 fully saturated rings. The zero-order valence-electron chi connectivity index (χ0n) is 12.0. The standard InChI is InChI=1S/C13H24N2O4S/c1-20(18,19)15-9-5-3-7-12(15)13(17)14-8-4-2-6-11(14)10-16/h11-12,16H,2-10H2,1H3. The van der Waals surface area contributed by atoms with Crippen molar-refractivity contribution >= 4 is 15.9 Å². The van der Waals surface area contributed by atoms with Gasteiger partial charge in [0.1, 0.15) is 6.04 Å². The van der Waals surface area contributed by atoms with Crippen LogP contribution in [-0.4, -0.2) is 66.7 Å². The summed E-state index contributed by atoms with van der Waals surface area (Å²) >= 11 is 0. The molecule has 0 radical (unpaired) electrons. The average Bonchev–Trinajstić information content (AvgIpc) is 2.45. The first-order chi connectivity index (χ1) is 9.45. The van der Waals surface area contributed by atoms with Crippen molar-refractivity contribution in [2.45, 2.75) is 50.6 Å². The summed E-state index contributed by atoms with van der Waals surface area (Å²) < 4.78 is 25.0. The van der Waals surface area contributed by atoms with Crippen molar-refractivity contribution in [2.75, 3.05) is 26.0 Å². The molecule has 1 N–H and O–H groups in total. The Morgan fingerprint density at radius 3 is 2.45 bits per heavy atom. The van der Waals surface area contributed by atoms with Gasteiger partial charge in [0, 0.05) is 13.1 Å². The fraction of sp³-hybridized carbons (Fsp3) is 0.923. The van der Waals surface area contributed by atoms with Crippen LogP contribution >= 0.6 is 0 Å². The molecule has 0 aromatic heterocycles. The van der Waals surface area contributed by atoms with Gasteiger partial charge in [-0.15, -0.1) is 0 Å². The predicted octanol–water partition coefficient (Wildman–Crippen LogP) is 0.174. The summed E-state index contributed by atoms with van der Waals surface area (Å²) in [6, 6.07) is -0.731. The minimum absolute atomic E-state index is 0.0443. The van der Waals surface area contributed by atoms with Crippen LogP contribution in [0.15, 0.2) is 0 Å². The van der Waals surface area contributed by atoms with Crippen molar-refractivity contribution in [2.24, 2.45) is 0 Å². The van der Waals surface area contributed by atoms with Crippen LogP contribution in [0.4, 0.5) is 0 Å². The minimum atomic E-state index is -3.36. The molecule has 2 aliphatic rings. The van der Waals surface area contributed by atoms with E-state index in [1.54, 1.807) is 4.90 Å². The second kappa shape index (κ2) is 6.41. The molecule has 1 amide bonds. The largest absolute Gasteiger partial charge is 0.394 e. The van der Waals surface area contributed by atoms with Crippen LogP contribution in [0.2, 0.25) is 0 Å². The van der Waals surface area contributed by atoms with E-state index in [0.29, 0.717) is 19.5 Å². The number of sulfonamides is 1. The third kappa shape index (κ3) is 3.32. The van der Waals surface area contributed by atoms with Crippen LogP contribution in [-0.2, 0) is 14.8 Å². The van der Waals surface area contributed by atoms with E-state index in [4.69, 9.17) is 0 Å². The molecule has 6 nitrogen and oxygen atoms in total. The molecule has 20 heavy (non-hydrogen) atoms. The quantitative estimate of drug-likeness (QED) is 0.806. The molecule has 0 spiro atoms. The topological polar surface area (TPSA) is 77.9 Å². The summed E-state index contributed by atoms with van der Waals surface area (Å²) in [7, 11) is -3.36. The van der Waals surface area contributed by atoms with Gasteiger partial charge < -0.3 is 10.0 Å². The first kappa shape index (κ1) is 15.7. The summed E-state index contributed by atoms with van der Waals surface area (Å²) in [6.45, 7) is 1.00. The van der Waals surface area contributed by atoms with Crippen LogP contribution in [0.1, 0.15) is 38.5 Å². The van der Waals surface area contributed by atoms with Gasteiger partial charge >= 0.3 is 0 Å². The van der Waals surface area contributed by atoms with E-state index in [0.717, 1.165) is 32.1 Å². The van der Waals surface area contributed by atoms with Crippen LogP contribution < -0.4 is 0 Å². The highest BCUT2D eigenvalue weighted by Gasteiger charge is 2.39. The highest BCUT2D eigenvalue weighted by Crippen LogP contribution is 2.25. The Hall–Kier alpha value is -0.660. The summed E-state index contributed by atoms with van der Waals surface area (Å²) in [5, 5.41) is 9.41. The molecule has 2 rings (SSSR count). The maximum Gasteiger partial charge on any atom is 0.241 e. The van der Waals surface area contributed by atoms with Crippen molar-refractivity contribution < 1.29 is 18.3 Å². The Labute approximate surface area is 120 Å². The van der Waals surface area contributed by atoms with E-state index < -0.39 is 16.1 Å². The maximum absolute atomic E-state index is 12.7. The number of likely N-dealkylation sites (tertiary alicyclic amines) is 1. The van der Waals surface area contributed by atoms with Gasteiger partial charge in [0.2, 0.25) is 15.9 Å². The average molecular weight is 304 g/mol. The lowest BCUT2D eigenvalue weighted by atomic mass is 9.98. The molecule has 2 aliphatic heterocycles. The van der Waals surface area contributed by atoms with Crippen molar-refractivity contribution in [3.8, 4) is 0 Å². The Morgan fingerprint density at radius 2 is 1.80 bits per heavy atom. The Kier molecular flexibility index (Phi) is 5.04. The summed E-state index contributed by atoms with van der Waals surface area (Å²) in [6.07, 6.45) is 6.16. The lowest BCUT2D eigenvalue weighted by Gasteiger charge is -2.40. The fourth-order valence-electron chi connectivity index (χ4n) is 3.22. The number of hydrogen-bond acceptors (Lipinski definition) is 4.